The lowest BCUT2D eigenvalue weighted by Crippen LogP contribution is -2.07. The maximum absolute atomic E-state index is 11.4. The highest BCUT2D eigenvalue weighted by Gasteiger charge is 2.19. The number of rotatable bonds is 8. The van der Waals surface area contributed by atoms with Crippen molar-refractivity contribution in [1.29, 1.82) is 0 Å². The number of nitrogens with zero attached hydrogens (tertiary/aromatic N) is 4. The summed E-state index contributed by atoms with van der Waals surface area (Å²) >= 11 is 7.66. The molecule has 156 valence electrons. The zero-order chi connectivity index (χ0) is 21.6. The van der Waals surface area contributed by atoms with E-state index in [1.54, 1.807) is 12.1 Å². The number of nitro groups is 1. The van der Waals surface area contributed by atoms with Gasteiger partial charge in [0.05, 0.1) is 22.1 Å². The van der Waals surface area contributed by atoms with E-state index < -0.39 is 4.92 Å². The molecule has 31 heavy (non-hydrogen) atoms. The van der Waals surface area contributed by atoms with Gasteiger partial charge in [-0.3, -0.25) is 10.1 Å². The Hall–Kier alpha value is -3.16. The highest BCUT2D eigenvalue weighted by molar-refractivity contribution is 7.98. The van der Waals surface area contributed by atoms with Crippen LogP contribution in [0.4, 0.5) is 5.69 Å². The molecule has 0 amide bonds. The molecule has 0 saturated heterocycles. The molecule has 0 spiro atoms. The van der Waals surface area contributed by atoms with E-state index in [0.29, 0.717) is 34.5 Å². The van der Waals surface area contributed by atoms with Crippen molar-refractivity contribution in [1.82, 2.24) is 14.8 Å². The summed E-state index contributed by atoms with van der Waals surface area (Å²) < 4.78 is 2.07. The summed E-state index contributed by atoms with van der Waals surface area (Å²) in [6.45, 7) is 0.614. The minimum Gasteiger partial charge on any atom is -0.301 e. The molecular formula is C23H19ClN4O2S. The van der Waals surface area contributed by atoms with Crippen molar-refractivity contribution in [2.45, 2.75) is 23.9 Å². The first-order valence-electron chi connectivity index (χ1n) is 9.66. The zero-order valence-electron chi connectivity index (χ0n) is 16.5. The van der Waals surface area contributed by atoms with Crippen molar-refractivity contribution in [3.05, 3.63) is 117 Å². The van der Waals surface area contributed by atoms with Crippen LogP contribution in [0.1, 0.15) is 22.5 Å². The number of thioether (sulfide) groups is 1. The minimum atomic E-state index is -0.405. The number of hydrogen-bond acceptors (Lipinski definition) is 5. The molecule has 4 rings (SSSR count). The lowest BCUT2D eigenvalue weighted by Gasteiger charge is -2.11. The molecule has 0 bridgehead atoms. The fourth-order valence-corrected chi connectivity index (χ4v) is 4.57. The molecule has 0 fully saturated rings. The molecule has 6 nitrogen and oxygen atoms in total. The average Bonchev–Trinajstić information content (AvgIpc) is 3.15. The number of hydrogen-bond donors (Lipinski definition) is 0. The summed E-state index contributed by atoms with van der Waals surface area (Å²) in [4.78, 5) is 11.0. The van der Waals surface area contributed by atoms with E-state index in [2.05, 4.69) is 39.0 Å². The number of nitro benzene ring substituents is 1. The molecule has 1 heterocycles. The van der Waals surface area contributed by atoms with E-state index in [9.17, 15) is 10.1 Å². The van der Waals surface area contributed by atoms with Crippen molar-refractivity contribution in [3.63, 3.8) is 0 Å². The van der Waals surface area contributed by atoms with E-state index in [4.69, 9.17) is 11.6 Å². The number of aromatic nitrogens is 3. The zero-order valence-corrected chi connectivity index (χ0v) is 18.1. The van der Waals surface area contributed by atoms with Gasteiger partial charge in [0, 0.05) is 18.2 Å². The first kappa shape index (κ1) is 21.1. The van der Waals surface area contributed by atoms with Crippen LogP contribution in [0, 0.1) is 10.1 Å². The Morgan fingerprint density at radius 1 is 0.903 bits per heavy atom. The van der Waals surface area contributed by atoms with Crippen LogP contribution in [0.25, 0.3) is 0 Å². The highest BCUT2D eigenvalue weighted by atomic mass is 35.5. The maximum atomic E-state index is 11.4. The van der Waals surface area contributed by atoms with Gasteiger partial charge in [-0.15, -0.1) is 10.2 Å². The van der Waals surface area contributed by atoms with Crippen molar-refractivity contribution in [2.75, 3.05) is 0 Å². The molecule has 3 aromatic carbocycles. The van der Waals surface area contributed by atoms with Crippen LogP contribution in [-0.4, -0.2) is 19.7 Å². The third kappa shape index (κ3) is 5.13. The molecule has 0 aliphatic carbocycles. The Bertz CT molecular complexity index is 1180. The number of benzene rings is 3. The molecule has 0 N–H and O–H groups in total. The summed E-state index contributed by atoms with van der Waals surface area (Å²) in [5.74, 6) is 1.17. The van der Waals surface area contributed by atoms with Gasteiger partial charge in [-0.05, 0) is 17.2 Å². The lowest BCUT2D eigenvalue weighted by atomic mass is 10.1. The van der Waals surface area contributed by atoms with Crippen LogP contribution < -0.4 is 0 Å². The number of halogens is 1. The van der Waals surface area contributed by atoms with Crippen LogP contribution in [0.2, 0.25) is 5.02 Å². The fraction of sp³-hybridized carbons (Fsp3) is 0.130. The molecule has 0 atom stereocenters. The molecule has 4 aromatic rings. The Morgan fingerprint density at radius 3 is 2.26 bits per heavy atom. The van der Waals surface area contributed by atoms with Gasteiger partial charge < -0.3 is 4.57 Å². The van der Waals surface area contributed by atoms with E-state index >= 15 is 0 Å². The monoisotopic (exact) mass is 450 g/mol. The first-order chi connectivity index (χ1) is 15.1. The van der Waals surface area contributed by atoms with Crippen LogP contribution in [-0.2, 0) is 18.7 Å². The summed E-state index contributed by atoms with van der Waals surface area (Å²) in [6, 6.07) is 24.9. The Labute approximate surface area is 189 Å². The van der Waals surface area contributed by atoms with Crippen LogP contribution in [0.3, 0.4) is 0 Å². The normalized spacial score (nSPS) is 10.9. The largest absolute Gasteiger partial charge is 0.301 e. The summed E-state index contributed by atoms with van der Waals surface area (Å²) in [5, 5.41) is 21.3. The van der Waals surface area contributed by atoms with Gasteiger partial charge >= 0.3 is 0 Å². The lowest BCUT2D eigenvalue weighted by molar-refractivity contribution is -0.385. The second-order valence-electron chi connectivity index (χ2n) is 6.92. The molecule has 0 saturated carbocycles. The molecule has 0 radical (unpaired) electrons. The van der Waals surface area contributed by atoms with Gasteiger partial charge in [0.1, 0.15) is 5.82 Å². The minimum absolute atomic E-state index is 0.0126. The quantitative estimate of drug-likeness (QED) is 0.193. The third-order valence-corrected chi connectivity index (χ3v) is 6.17. The smallest absolute Gasteiger partial charge is 0.274 e. The SMILES string of the molecule is O=[N+]([O-])c1cccc(Cl)c1CSc1nnc(Cc2ccccc2)n1Cc1ccccc1. The Kier molecular flexibility index (Phi) is 6.64. The molecular weight excluding hydrogens is 432 g/mol. The fourth-order valence-electron chi connectivity index (χ4n) is 3.26. The predicted octanol–water partition coefficient (Wildman–Crippen LogP) is 5.77. The van der Waals surface area contributed by atoms with E-state index in [1.807, 2.05) is 36.4 Å². The Morgan fingerprint density at radius 2 is 1.58 bits per heavy atom. The standard InChI is InChI=1S/C23H19ClN4O2S/c24-20-12-7-13-21(28(29)30)19(20)16-31-23-26-25-22(14-17-8-3-1-4-9-17)27(23)15-18-10-5-2-6-11-18/h1-13H,14-16H2. The molecule has 1 aromatic heterocycles. The summed E-state index contributed by atoms with van der Waals surface area (Å²) in [5.41, 5.74) is 2.77. The van der Waals surface area contributed by atoms with E-state index in [0.717, 1.165) is 17.0 Å². The second kappa shape index (κ2) is 9.76. The van der Waals surface area contributed by atoms with Gasteiger partial charge in [0.15, 0.2) is 5.16 Å². The van der Waals surface area contributed by atoms with E-state index in [-0.39, 0.29) is 5.69 Å². The second-order valence-corrected chi connectivity index (χ2v) is 8.27. The van der Waals surface area contributed by atoms with Gasteiger partial charge in [0.2, 0.25) is 0 Å². The predicted molar refractivity (Wildman–Crippen MR) is 122 cm³/mol. The highest BCUT2D eigenvalue weighted by Crippen LogP contribution is 2.33. The maximum Gasteiger partial charge on any atom is 0.274 e. The van der Waals surface area contributed by atoms with E-state index in [1.165, 1.54) is 17.8 Å². The van der Waals surface area contributed by atoms with Gasteiger partial charge in [-0.1, -0.05) is 90.1 Å². The first-order valence-corrected chi connectivity index (χ1v) is 11.0. The van der Waals surface area contributed by atoms with Gasteiger partial charge in [-0.25, -0.2) is 0 Å². The summed E-state index contributed by atoms with van der Waals surface area (Å²) in [7, 11) is 0. The van der Waals surface area contributed by atoms with Crippen LogP contribution in [0.15, 0.2) is 84.0 Å². The Balaban J connectivity index is 1.64. The van der Waals surface area contributed by atoms with Crippen molar-refractivity contribution < 1.29 is 4.92 Å². The topological polar surface area (TPSA) is 73.8 Å². The van der Waals surface area contributed by atoms with Crippen LogP contribution in [0.5, 0.6) is 0 Å². The average molecular weight is 451 g/mol. The van der Waals surface area contributed by atoms with Gasteiger partial charge in [0.25, 0.3) is 5.69 Å². The molecule has 0 aliphatic rings. The molecule has 0 aliphatic heterocycles. The summed E-state index contributed by atoms with van der Waals surface area (Å²) in [6.07, 6.45) is 0.646. The van der Waals surface area contributed by atoms with Crippen LogP contribution >= 0.6 is 23.4 Å². The molecule has 8 heteroatoms. The van der Waals surface area contributed by atoms with Crippen molar-refractivity contribution in [3.8, 4) is 0 Å². The third-order valence-electron chi connectivity index (χ3n) is 4.82. The van der Waals surface area contributed by atoms with Crippen molar-refractivity contribution >= 4 is 29.1 Å². The van der Waals surface area contributed by atoms with Crippen molar-refractivity contribution in [2.24, 2.45) is 0 Å². The molecule has 0 unspecified atom stereocenters. The van der Waals surface area contributed by atoms with Gasteiger partial charge in [-0.2, -0.15) is 0 Å².